The van der Waals surface area contributed by atoms with Crippen molar-refractivity contribution in [3.8, 4) is 5.75 Å². The van der Waals surface area contributed by atoms with Gasteiger partial charge in [-0.3, -0.25) is 0 Å². The first-order chi connectivity index (χ1) is 7.66. The summed E-state index contributed by atoms with van der Waals surface area (Å²) in [5, 5.41) is 0. The first kappa shape index (κ1) is 12.1. The zero-order valence-electron chi connectivity index (χ0n) is 8.87. The molecule has 0 fully saturated rings. The quantitative estimate of drug-likeness (QED) is 0.754. The third-order valence-corrected chi connectivity index (χ3v) is 3.58. The zero-order valence-corrected chi connectivity index (χ0v) is 12.0. The first-order valence-electron chi connectivity index (χ1n) is 5.03. The van der Waals surface area contributed by atoms with E-state index >= 15 is 0 Å². The van der Waals surface area contributed by atoms with E-state index < -0.39 is 0 Å². The van der Waals surface area contributed by atoms with Crippen molar-refractivity contribution >= 4 is 31.9 Å². The van der Waals surface area contributed by atoms with E-state index in [4.69, 9.17) is 9.47 Å². The maximum absolute atomic E-state index is 5.89. The molecular formula is C12H12Br2O2. The highest BCUT2D eigenvalue weighted by atomic mass is 79.9. The van der Waals surface area contributed by atoms with Gasteiger partial charge in [0.2, 0.25) is 0 Å². The van der Waals surface area contributed by atoms with E-state index in [1.807, 2.05) is 18.2 Å². The van der Waals surface area contributed by atoms with Gasteiger partial charge >= 0.3 is 0 Å². The predicted octanol–water partition coefficient (Wildman–Crippen LogP) is 3.94. The summed E-state index contributed by atoms with van der Waals surface area (Å²) >= 11 is 6.89. The molecule has 1 aliphatic rings. The SMILES string of the molecule is CC1=CCOCC1Oc1ccc(Br)cc1Br. The number of ether oxygens (including phenoxy) is 2. The maximum Gasteiger partial charge on any atom is 0.143 e. The summed E-state index contributed by atoms with van der Waals surface area (Å²) in [5.41, 5.74) is 1.22. The molecule has 1 aromatic carbocycles. The third-order valence-electron chi connectivity index (χ3n) is 2.46. The van der Waals surface area contributed by atoms with Crippen molar-refractivity contribution < 1.29 is 9.47 Å². The molecule has 0 saturated heterocycles. The lowest BCUT2D eigenvalue weighted by Crippen LogP contribution is -2.28. The fourth-order valence-electron chi connectivity index (χ4n) is 1.48. The van der Waals surface area contributed by atoms with Crippen LogP contribution >= 0.6 is 31.9 Å². The predicted molar refractivity (Wildman–Crippen MR) is 70.8 cm³/mol. The molecule has 0 aromatic heterocycles. The van der Waals surface area contributed by atoms with Crippen molar-refractivity contribution in [3.05, 3.63) is 38.8 Å². The number of rotatable bonds is 2. The standard InChI is InChI=1S/C12H12Br2O2/c1-8-4-5-15-7-12(8)16-11-3-2-9(13)6-10(11)14/h2-4,6,12H,5,7H2,1H3. The molecule has 2 rings (SSSR count). The Morgan fingerprint density at radius 1 is 1.38 bits per heavy atom. The highest BCUT2D eigenvalue weighted by molar-refractivity contribution is 9.11. The minimum Gasteiger partial charge on any atom is -0.482 e. The van der Waals surface area contributed by atoms with Crippen LogP contribution < -0.4 is 4.74 Å². The molecule has 86 valence electrons. The van der Waals surface area contributed by atoms with Crippen LogP contribution in [0.25, 0.3) is 0 Å². The van der Waals surface area contributed by atoms with E-state index in [9.17, 15) is 0 Å². The van der Waals surface area contributed by atoms with Crippen molar-refractivity contribution in [2.45, 2.75) is 13.0 Å². The number of benzene rings is 1. The van der Waals surface area contributed by atoms with Crippen LogP contribution in [0.3, 0.4) is 0 Å². The Labute approximate surface area is 112 Å². The highest BCUT2D eigenvalue weighted by Crippen LogP contribution is 2.30. The molecule has 0 amide bonds. The second-order valence-electron chi connectivity index (χ2n) is 3.67. The minimum atomic E-state index is 0.0197. The lowest BCUT2D eigenvalue weighted by atomic mass is 10.1. The minimum absolute atomic E-state index is 0.0197. The Kier molecular flexibility index (Phi) is 4.05. The van der Waals surface area contributed by atoms with E-state index in [1.54, 1.807) is 0 Å². The maximum atomic E-state index is 5.89. The van der Waals surface area contributed by atoms with Gasteiger partial charge in [0.1, 0.15) is 11.9 Å². The van der Waals surface area contributed by atoms with Crippen LogP contribution in [0, 0.1) is 0 Å². The Morgan fingerprint density at radius 2 is 2.19 bits per heavy atom. The van der Waals surface area contributed by atoms with Crippen molar-refractivity contribution in [3.63, 3.8) is 0 Å². The van der Waals surface area contributed by atoms with Crippen LogP contribution in [0.4, 0.5) is 0 Å². The molecule has 4 heteroatoms. The second-order valence-corrected chi connectivity index (χ2v) is 5.44. The van der Waals surface area contributed by atoms with E-state index in [2.05, 4.69) is 44.9 Å². The average molecular weight is 348 g/mol. The number of halogens is 2. The Balaban J connectivity index is 2.14. The molecule has 0 spiro atoms. The monoisotopic (exact) mass is 346 g/mol. The van der Waals surface area contributed by atoms with Crippen molar-refractivity contribution in [1.82, 2.24) is 0 Å². The molecule has 0 radical (unpaired) electrons. The molecule has 1 aromatic rings. The van der Waals surface area contributed by atoms with Gasteiger partial charge in [-0.25, -0.2) is 0 Å². The van der Waals surface area contributed by atoms with Crippen molar-refractivity contribution in [2.24, 2.45) is 0 Å². The largest absolute Gasteiger partial charge is 0.482 e. The smallest absolute Gasteiger partial charge is 0.143 e. The molecular weight excluding hydrogens is 336 g/mol. The van der Waals surface area contributed by atoms with Gasteiger partial charge in [-0.05, 0) is 46.6 Å². The van der Waals surface area contributed by atoms with Gasteiger partial charge in [-0.2, -0.15) is 0 Å². The molecule has 0 bridgehead atoms. The Morgan fingerprint density at radius 3 is 2.88 bits per heavy atom. The first-order valence-corrected chi connectivity index (χ1v) is 6.61. The molecule has 16 heavy (non-hydrogen) atoms. The fourth-order valence-corrected chi connectivity index (χ4v) is 2.62. The van der Waals surface area contributed by atoms with Gasteiger partial charge in [0.05, 0.1) is 17.7 Å². The summed E-state index contributed by atoms with van der Waals surface area (Å²) in [6.45, 7) is 3.37. The van der Waals surface area contributed by atoms with Gasteiger partial charge in [0, 0.05) is 4.47 Å². The highest BCUT2D eigenvalue weighted by Gasteiger charge is 2.17. The Bertz CT molecular complexity index is 415. The van der Waals surface area contributed by atoms with Crippen LogP contribution in [-0.4, -0.2) is 19.3 Å². The Hall–Kier alpha value is -0.320. The van der Waals surface area contributed by atoms with Crippen LogP contribution in [0.2, 0.25) is 0 Å². The van der Waals surface area contributed by atoms with Gasteiger partial charge < -0.3 is 9.47 Å². The molecule has 0 N–H and O–H groups in total. The number of hydrogen-bond acceptors (Lipinski definition) is 2. The molecule has 1 heterocycles. The second kappa shape index (κ2) is 5.34. The van der Waals surface area contributed by atoms with Gasteiger partial charge in [-0.15, -0.1) is 0 Å². The normalized spacial score (nSPS) is 20.4. The lowest BCUT2D eigenvalue weighted by Gasteiger charge is -2.23. The molecule has 2 nitrogen and oxygen atoms in total. The van der Waals surface area contributed by atoms with E-state index in [-0.39, 0.29) is 6.10 Å². The topological polar surface area (TPSA) is 18.5 Å². The van der Waals surface area contributed by atoms with Crippen LogP contribution in [0.1, 0.15) is 6.92 Å². The average Bonchev–Trinajstić information content (AvgIpc) is 2.25. The molecule has 1 aliphatic heterocycles. The summed E-state index contributed by atoms with van der Waals surface area (Å²) in [4.78, 5) is 0. The molecule has 1 unspecified atom stereocenters. The van der Waals surface area contributed by atoms with Crippen LogP contribution in [-0.2, 0) is 4.74 Å². The zero-order chi connectivity index (χ0) is 11.5. The summed E-state index contributed by atoms with van der Waals surface area (Å²) in [6.07, 6.45) is 2.08. The van der Waals surface area contributed by atoms with E-state index in [1.165, 1.54) is 5.57 Å². The molecule has 1 atom stereocenters. The summed E-state index contributed by atoms with van der Waals surface area (Å²) in [5.74, 6) is 0.839. The van der Waals surface area contributed by atoms with Gasteiger partial charge in [0.25, 0.3) is 0 Å². The third kappa shape index (κ3) is 2.87. The summed E-state index contributed by atoms with van der Waals surface area (Å²) in [7, 11) is 0. The van der Waals surface area contributed by atoms with E-state index in [0.29, 0.717) is 13.2 Å². The van der Waals surface area contributed by atoms with Crippen molar-refractivity contribution in [1.29, 1.82) is 0 Å². The number of hydrogen-bond donors (Lipinski definition) is 0. The fraction of sp³-hybridized carbons (Fsp3) is 0.333. The van der Waals surface area contributed by atoms with Gasteiger partial charge in [-0.1, -0.05) is 22.0 Å². The summed E-state index contributed by atoms with van der Waals surface area (Å²) in [6, 6.07) is 5.87. The molecule has 0 aliphatic carbocycles. The van der Waals surface area contributed by atoms with E-state index in [0.717, 1.165) is 14.7 Å². The van der Waals surface area contributed by atoms with Crippen molar-refractivity contribution in [2.75, 3.05) is 13.2 Å². The van der Waals surface area contributed by atoms with Gasteiger partial charge in [0.15, 0.2) is 0 Å². The van der Waals surface area contributed by atoms with Crippen LogP contribution in [0.5, 0.6) is 5.75 Å². The molecule has 0 saturated carbocycles. The lowest BCUT2D eigenvalue weighted by molar-refractivity contribution is 0.0677. The summed E-state index contributed by atoms with van der Waals surface area (Å²) < 4.78 is 13.2. The van der Waals surface area contributed by atoms with Crippen LogP contribution in [0.15, 0.2) is 38.8 Å².